The zero-order valence-corrected chi connectivity index (χ0v) is 17.7. The lowest BCUT2D eigenvalue weighted by atomic mass is 9.98. The van der Waals surface area contributed by atoms with Crippen molar-refractivity contribution in [2.75, 3.05) is 6.61 Å². The van der Waals surface area contributed by atoms with E-state index in [2.05, 4.69) is 0 Å². The Bertz CT molecular complexity index is 1200. The molecule has 0 radical (unpaired) electrons. The number of hydrogen-bond acceptors (Lipinski definition) is 7. The van der Waals surface area contributed by atoms with Crippen LogP contribution in [0.4, 0.5) is 0 Å². The van der Waals surface area contributed by atoms with E-state index in [0.717, 1.165) is 24.3 Å². The molecule has 0 heterocycles. The lowest BCUT2D eigenvalue weighted by Crippen LogP contribution is -2.18. The fourth-order valence-electron chi connectivity index (χ4n) is 3.39. The molecule has 3 rings (SSSR count). The van der Waals surface area contributed by atoms with Crippen molar-refractivity contribution in [3.05, 3.63) is 47.5 Å². The Morgan fingerprint density at radius 1 is 0.935 bits per heavy atom. The third-order valence-corrected chi connectivity index (χ3v) is 6.69. The second kappa shape index (κ2) is 8.04. The molecular formula is C19H18O10S2. The van der Waals surface area contributed by atoms with Crippen LogP contribution >= 0.6 is 0 Å². The molecule has 0 fully saturated rings. The number of ether oxygens (including phenoxy) is 1. The van der Waals surface area contributed by atoms with Gasteiger partial charge in [0, 0.05) is 5.92 Å². The molecule has 2 aromatic rings. The summed E-state index contributed by atoms with van der Waals surface area (Å²) in [5.41, 5.74) is 1.59. The van der Waals surface area contributed by atoms with Gasteiger partial charge in [0.25, 0.3) is 20.2 Å². The standard InChI is InChI=1S/C19H18O10S2/c1-10(19(21)22)6-18(20)29-9-17-13-4-2-11(30(23,24)25)7-15(13)16-8-12(31(26,27)28)3-5-14(16)17/h2-5,7-8,10,17H,6,9H2,1H3,(H,21,22)(H,23,24,25)(H,26,27,28)/t10-/m1/s1. The summed E-state index contributed by atoms with van der Waals surface area (Å²) in [5.74, 6) is -3.43. The summed E-state index contributed by atoms with van der Waals surface area (Å²) >= 11 is 0. The SMILES string of the molecule is C[C@H](CC(=O)OCC1c2ccc(S(=O)(=O)O)cc2-c2cc(S(=O)(=O)O)ccc21)C(=O)O. The molecule has 0 bridgehead atoms. The number of benzene rings is 2. The summed E-state index contributed by atoms with van der Waals surface area (Å²) in [5, 5.41) is 8.91. The van der Waals surface area contributed by atoms with E-state index in [0.29, 0.717) is 11.1 Å². The molecule has 0 spiro atoms. The second-order valence-electron chi connectivity index (χ2n) is 7.13. The zero-order valence-electron chi connectivity index (χ0n) is 16.0. The Balaban J connectivity index is 2.01. The molecule has 0 amide bonds. The molecule has 0 saturated carbocycles. The zero-order chi connectivity index (χ0) is 23.1. The summed E-state index contributed by atoms with van der Waals surface area (Å²) in [6.07, 6.45) is -0.342. The van der Waals surface area contributed by atoms with Gasteiger partial charge in [-0.05, 0) is 46.5 Å². The second-order valence-corrected chi connectivity index (χ2v) is 9.97. The number of carbonyl (C=O) groups is 2. The normalized spacial score (nSPS) is 14.5. The van der Waals surface area contributed by atoms with E-state index in [1.807, 2.05) is 0 Å². The molecule has 1 atom stereocenters. The first-order chi connectivity index (χ1) is 14.3. The average Bonchev–Trinajstić information content (AvgIpc) is 2.97. The number of esters is 1. The maximum absolute atomic E-state index is 12.0. The minimum absolute atomic E-state index is 0.207. The van der Waals surface area contributed by atoms with E-state index in [1.54, 1.807) is 0 Å². The maximum atomic E-state index is 12.0. The predicted octanol–water partition coefficient (Wildman–Crippen LogP) is 1.95. The summed E-state index contributed by atoms with van der Waals surface area (Å²) in [7, 11) is -9.08. The summed E-state index contributed by atoms with van der Waals surface area (Å²) in [6.45, 7) is 1.15. The van der Waals surface area contributed by atoms with E-state index >= 15 is 0 Å². The van der Waals surface area contributed by atoms with Crippen LogP contribution in [0.3, 0.4) is 0 Å². The third-order valence-electron chi connectivity index (χ3n) is 4.99. The third kappa shape index (κ3) is 4.77. The summed E-state index contributed by atoms with van der Waals surface area (Å²) in [4.78, 5) is 22.1. The van der Waals surface area contributed by atoms with Crippen molar-refractivity contribution in [3.63, 3.8) is 0 Å². The van der Waals surface area contributed by atoms with Crippen LogP contribution < -0.4 is 0 Å². The number of aliphatic carboxylic acids is 1. The Labute approximate surface area is 178 Å². The summed E-state index contributed by atoms with van der Waals surface area (Å²) in [6, 6.07) is 7.45. The van der Waals surface area contributed by atoms with Crippen LogP contribution in [0, 0.1) is 5.92 Å². The number of hydrogen-bond donors (Lipinski definition) is 3. The first-order valence-electron chi connectivity index (χ1n) is 8.90. The van der Waals surface area contributed by atoms with Gasteiger partial charge in [-0.25, -0.2) is 0 Å². The molecule has 166 valence electrons. The van der Waals surface area contributed by atoms with Crippen molar-refractivity contribution < 1.29 is 45.4 Å². The summed E-state index contributed by atoms with van der Waals surface area (Å²) < 4.78 is 70.0. The number of carbonyl (C=O) groups excluding carboxylic acids is 1. The highest BCUT2D eigenvalue weighted by molar-refractivity contribution is 7.86. The van der Waals surface area contributed by atoms with Crippen molar-refractivity contribution in [1.29, 1.82) is 0 Å². The maximum Gasteiger partial charge on any atom is 0.306 e. The molecule has 0 unspecified atom stereocenters. The van der Waals surface area contributed by atoms with E-state index in [-0.39, 0.29) is 24.2 Å². The lowest BCUT2D eigenvalue weighted by Gasteiger charge is -2.15. The Morgan fingerprint density at radius 3 is 1.77 bits per heavy atom. The lowest BCUT2D eigenvalue weighted by molar-refractivity contribution is -0.151. The first-order valence-corrected chi connectivity index (χ1v) is 11.8. The predicted molar refractivity (Wildman–Crippen MR) is 106 cm³/mol. The van der Waals surface area contributed by atoms with Crippen molar-refractivity contribution in [1.82, 2.24) is 0 Å². The van der Waals surface area contributed by atoms with Crippen LogP contribution in [-0.4, -0.2) is 49.6 Å². The van der Waals surface area contributed by atoms with Crippen LogP contribution in [0.5, 0.6) is 0 Å². The van der Waals surface area contributed by atoms with E-state index in [9.17, 15) is 35.5 Å². The van der Waals surface area contributed by atoms with Crippen LogP contribution in [-0.2, 0) is 34.6 Å². The molecule has 0 aliphatic heterocycles. The Kier molecular flexibility index (Phi) is 5.93. The topological polar surface area (TPSA) is 172 Å². The van der Waals surface area contributed by atoms with Gasteiger partial charge in [0.05, 0.1) is 22.1 Å². The van der Waals surface area contributed by atoms with Gasteiger partial charge in [-0.2, -0.15) is 16.8 Å². The van der Waals surface area contributed by atoms with Crippen LogP contribution in [0.15, 0.2) is 46.2 Å². The largest absolute Gasteiger partial charge is 0.481 e. The number of fused-ring (bicyclic) bond motifs is 3. The van der Waals surface area contributed by atoms with Crippen molar-refractivity contribution in [2.45, 2.75) is 29.1 Å². The molecule has 0 aromatic heterocycles. The van der Waals surface area contributed by atoms with Gasteiger partial charge in [-0.1, -0.05) is 19.1 Å². The minimum atomic E-state index is -4.54. The smallest absolute Gasteiger partial charge is 0.306 e. The van der Waals surface area contributed by atoms with Crippen molar-refractivity contribution >= 4 is 32.2 Å². The van der Waals surface area contributed by atoms with E-state index < -0.39 is 53.8 Å². The quantitative estimate of drug-likeness (QED) is 0.401. The van der Waals surface area contributed by atoms with Crippen LogP contribution in [0.25, 0.3) is 11.1 Å². The van der Waals surface area contributed by atoms with E-state index in [1.165, 1.54) is 19.1 Å². The van der Waals surface area contributed by atoms with Gasteiger partial charge in [0.15, 0.2) is 0 Å². The van der Waals surface area contributed by atoms with Gasteiger partial charge in [-0.15, -0.1) is 0 Å². The Hall–Kier alpha value is -2.80. The van der Waals surface area contributed by atoms with E-state index in [4.69, 9.17) is 9.84 Å². The fraction of sp³-hybridized carbons (Fsp3) is 0.263. The molecule has 3 N–H and O–H groups in total. The van der Waals surface area contributed by atoms with Crippen molar-refractivity contribution in [2.24, 2.45) is 5.92 Å². The minimum Gasteiger partial charge on any atom is -0.481 e. The molecule has 12 heteroatoms. The average molecular weight is 470 g/mol. The van der Waals surface area contributed by atoms with Gasteiger partial charge < -0.3 is 9.84 Å². The van der Waals surface area contributed by atoms with Gasteiger partial charge >= 0.3 is 11.9 Å². The molecule has 1 aliphatic carbocycles. The van der Waals surface area contributed by atoms with Crippen LogP contribution in [0.1, 0.15) is 30.4 Å². The molecular weight excluding hydrogens is 452 g/mol. The molecule has 10 nitrogen and oxygen atoms in total. The number of carboxylic acids is 1. The highest BCUT2D eigenvalue weighted by atomic mass is 32.2. The first kappa shape index (κ1) is 22.9. The van der Waals surface area contributed by atoms with Crippen LogP contribution in [0.2, 0.25) is 0 Å². The van der Waals surface area contributed by atoms with Gasteiger partial charge in [0.2, 0.25) is 0 Å². The number of rotatable bonds is 7. The monoisotopic (exact) mass is 470 g/mol. The van der Waals surface area contributed by atoms with Gasteiger partial charge in [0.1, 0.15) is 6.61 Å². The molecule has 31 heavy (non-hydrogen) atoms. The fourth-order valence-corrected chi connectivity index (χ4v) is 4.40. The molecule has 2 aromatic carbocycles. The molecule has 1 aliphatic rings. The highest BCUT2D eigenvalue weighted by Crippen LogP contribution is 2.46. The van der Waals surface area contributed by atoms with Crippen molar-refractivity contribution in [3.8, 4) is 11.1 Å². The number of carboxylic acid groups (broad SMARTS) is 1. The molecule has 0 saturated heterocycles. The Morgan fingerprint density at radius 2 is 1.39 bits per heavy atom. The van der Waals surface area contributed by atoms with Gasteiger partial charge in [-0.3, -0.25) is 18.7 Å². The highest BCUT2D eigenvalue weighted by Gasteiger charge is 2.32.